The van der Waals surface area contributed by atoms with Gasteiger partial charge in [-0.25, -0.2) is 0 Å². The van der Waals surface area contributed by atoms with Crippen molar-refractivity contribution in [2.45, 2.75) is 19.3 Å². The monoisotopic (exact) mass is 316 g/mol. The molecule has 0 unspecified atom stereocenters. The maximum atomic E-state index is 11.7. The largest absolute Gasteiger partial charge is 0.291 e. The molecule has 1 aromatic carbocycles. The maximum absolute atomic E-state index is 11.7. The second kappa shape index (κ2) is 5.21. The number of fused-ring (bicyclic) bond motifs is 3. The van der Waals surface area contributed by atoms with Gasteiger partial charge >= 0.3 is 0 Å². The molecule has 19 heavy (non-hydrogen) atoms. The first-order valence-corrected chi connectivity index (χ1v) is 7.46. The number of aromatic nitrogens is 2. The van der Waals surface area contributed by atoms with E-state index in [1.807, 2.05) is 12.1 Å². The lowest BCUT2D eigenvalue weighted by Gasteiger charge is -2.08. The summed E-state index contributed by atoms with van der Waals surface area (Å²) in [5.41, 5.74) is 4.98. The second-order valence-corrected chi connectivity index (χ2v) is 5.23. The molecular formula is C15H13BrN2O. The van der Waals surface area contributed by atoms with Crippen molar-refractivity contribution in [1.29, 1.82) is 0 Å². The first-order valence-electron chi connectivity index (χ1n) is 6.33. The molecule has 1 aliphatic carbocycles. The first kappa shape index (κ1) is 12.5. The normalized spacial score (nSPS) is 13.3. The molecule has 0 saturated heterocycles. The number of alkyl halides is 1. The number of aryl methyl sites for hydroxylation is 2. The van der Waals surface area contributed by atoms with E-state index in [-0.39, 0.29) is 11.1 Å². The number of nitrogens with zero attached hydrogens (tertiary/aromatic N) is 2. The Kier molecular flexibility index (Phi) is 3.42. The second-order valence-electron chi connectivity index (χ2n) is 4.67. The van der Waals surface area contributed by atoms with Gasteiger partial charge in [-0.15, -0.1) is 10.2 Å². The Labute approximate surface area is 120 Å². The van der Waals surface area contributed by atoms with Crippen molar-refractivity contribution in [3.8, 4) is 11.3 Å². The average molecular weight is 317 g/mol. The molecule has 3 nitrogen and oxygen atoms in total. The van der Waals surface area contributed by atoms with Crippen LogP contribution in [-0.4, -0.2) is 21.3 Å². The highest BCUT2D eigenvalue weighted by molar-refractivity contribution is 9.09. The van der Waals surface area contributed by atoms with Crippen molar-refractivity contribution in [1.82, 2.24) is 10.2 Å². The van der Waals surface area contributed by atoms with Gasteiger partial charge in [-0.1, -0.05) is 40.2 Å². The summed E-state index contributed by atoms with van der Waals surface area (Å²) >= 11 is 3.17. The van der Waals surface area contributed by atoms with Crippen LogP contribution in [0.4, 0.5) is 0 Å². The van der Waals surface area contributed by atoms with Gasteiger partial charge in [0.05, 0.1) is 11.0 Å². The Morgan fingerprint density at radius 2 is 1.95 bits per heavy atom. The number of halogens is 1. The fraction of sp³-hybridized carbons (Fsp3) is 0.267. The lowest BCUT2D eigenvalue weighted by atomic mass is 10.0. The van der Waals surface area contributed by atoms with Gasteiger partial charge in [-0.3, -0.25) is 4.79 Å². The van der Waals surface area contributed by atoms with Gasteiger partial charge in [0.25, 0.3) is 0 Å². The first-order chi connectivity index (χ1) is 9.29. The van der Waals surface area contributed by atoms with Gasteiger partial charge in [0.2, 0.25) is 0 Å². The molecule has 0 aliphatic heterocycles. The van der Waals surface area contributed by atoms with Crippen molar-refractivity contribution in [3.63, 3.8) is 0 Å². The lowest BCUT2D eigenvalue weighted by molar-refractivity contribution is 0.101. The van der Waals surface area contributed by atoms with Crippen LogP contribution < -0.4 is 0 Å². The van der Waals surface area contributed by atoms with Crippen molar-refractivity contribution in [3.05, 3.63) is 47.2 Å². The van der Waals surface area contributed by atoms with Crippen molar-refractivity contribution in [2.24, 2.45) is 0 Å². The van der Waals surface area contributed by atoms with E-state index in [4.69, 9.17) is 0 Å². The molecule has 0 atom stereocenters. The molecule has 0 bridgehead atoms. The predicted octanol–water partition coefficient (Wildman–Crippen LogP) is 3.21. The summed E-state index contributed by atoms with van der Waals surface area (Å²) < 4.78 is 0. The van der Waals surface area contributed by atoms with E-state index in [1.54, 1.807) is 0 Å². The fourth-order valence-corrected chi connectivity index (χ4v) is 2.78. The number of hydrogen-bond acceptors (Lipinski definition) is 3. The molecule has 0 saturated carbocycles. The molecule has 4 heteroatoms. The Hall–Kier alpha value is -1.55. The Bertz CT molecular complexity index is 640. The van der Waals surface area contributed by atoms with Crippen LogP contribution >= 0.6 is 15.9 Å². The van der Waals surface area contributed by atoms with Crippen molar-refractivity contribution in [2.75, 3.05) is 5.33 Å². The van der Waals surface area contributed by atoms with Gasteiger partial charge in [0, 0.05) is 5.56 Å². The van der Waals surface area contributed by atoms with Crippen LogP contribution in [0.1, 0.15) is 28.0 Å². The number of carbonyl (C=O) groups excluding carboxylic acids is 1. The van der Waals surface area contributed by atoms with Crippen LogP contribution in [0.3, 0.4) is 0 Å². The number of hydrogen-bond donors (Lipinski definition) is 0. The van der Waals surface area contributed by atoms with E-state index in [0.29, 0.717) is 5.69 Å². The summed E-state index contributed by atoms with van der Waals surface area (Å²) in [4.78, 5) is 11.7. The quantitative estimate of drug-likeness (QED) is 0.631. The molecule has 0 N–H and O–H groups in total. The standard InChI is InChI=1S/C15H13BrN2O/c16-9-14(19)13-8-11-6-3-5-10-4-1-2-7-12(10)15(11)18-17-13/h1-2,4,7-8H,3,5-6,9H2. The zero-order valence-corrected chi connectivity index (χ0v) is 12.0. The number of Topliss-reactive ketones (excluding diaryl/α,β-unsaturated/α-hetero) is 1. The minimum atomic E-state index is -0.0205. The van der Waals surface area contributed by atoms with Crippen molar-refractivity contribution >= 4 is 21.7 Å². The number of benzene rings is 1. The summed E-state index contributed by atoms with van der Waals surface area (Å²) in [5.74, 6) is -0.0205. The molecule has 3 rings (SSSR count). The molecule has 96 valence electrons. The molecule has 0 radical (unpaired) electrons. The smallest absolute Gasteiger partial charge is 0.193 e. The minimum absolute atomic E-state index is 0.0205. The Balaban J connectivity index is 2.13. The van der Waals surface area contributed by atoms with Crippen LogP contribution in [0.5, 0.6) is 0 Å². The molecule has 1 heterocycles. The molecule has 1 aliphatic rings. The third-order valence-electron chi connectivity index (χ3n) is 3.44. The minimum Gasteiger partial charge on any atom is -0.291 e. The van der Waals surface area contributed by atoms with E-state index < -0.39 is 0 Å². The Morgan fingerprint density at radius 3 is 2.79 bits per heavy atom. The zero-order chi connectivity index (χ0) is 13.2. The number of ketones is 1. The highest BCUT2D eigenvalue weighted by Crippen LogP contribution is 2.30. The highest BCUT2D eigenvalue weighted by Gasteiger charge is 2.18. The lowest BCUT2D eigenvalue weighted by Crippen LogP contribution is -2.07. The van der Waals surface area contributed by atoms with Crippen molar-refractivity contribution < 1.29 is 4.79 Å². The molecule has 0 amide bonds. The highest BCUT2D eigenvalue weighted by atomic mass is 79.9. The van der Waals surface area contributed by atoms with Gasteiger partial charge in [-0.2, -0.15) is 0 Å². The third-order valence-corrected chi connectivity index (χ3v) is 3.95. The van der Waals surface area contributed by atoms with Crippen LogP contribution in [0.15, 0.2) is 30.3 Å². The van der Waals surface area contributed by atoms with E-state index in [1.165, 1.54) is 5.56 Å². The van der Waals surface area contributed by atoms with Gasteiger partial charge in [-0.05, 0) is 36.5 Å². The van der Waals surface area contributed by atoms with E-state index in [0.717, 1.165) is 36.1 Å². The number of carbonyl (C=O) groups is 1. The number of rotatable bonds is 2. The zero-order valence-electron chi connectivity index (χ0n) is 10.4. The summed E-state index contributed by atoms with van der Waals surface area (Å²) in [6.45, 7) is 0. The summed E-state index contributed by atoms with van der Waals surface area (Å²) in [7, 11) is 0. The van der Waals surface area contributed by atoms with E-state index in [2.05, 4.69) is 44.3 Å². The predicted molar refractivity (Wildman–Crippen MR) is 77.6 cm³/mol. The summed E-state index contributed by atoms with van der Waals surface area (Å²) in [6.07, 6.45) is 3.08. The SMILES string of the molecule is O=C(CBr)c1cc2c(nn1)-c1ccccc1CCC2. The van der Waals surface area contributed by atoms with Crippen LogP contribution in [0.25, 0.3) is 11.3 Å². The maximum Gasteiger partial charge on any atom is 0.193 e. The molecule has 1 aromatic heterocycles. The molecule has 0 fully saturated rings. The van der Waals surface area contributed by atoms with E-state index in [9.17, 15) is 4.79 Å². The molecule has 2 aromatic rings. The van der Waals surface area contributed by atoms with Gasteiger partial charge < -0.3 is 0 Å². The van der Waals surface area contributed by atoms with Crippen LogP contribution in [0, 0.1) is 0 Å². The topological polar surface area (TPSA) is 42.9 Å². The molecular weight excluding hydrogens is 304 g/mol. The summed E-state index contributed by atoms with van der Waals surface area (Å²) in [6, 6.07) is 10.2. The van der Waals surface area contributed by atoms with Gasteiger partial charge in [0.1, 0.15) is 5.69 Å². The van der Waals surface area contributed by atoms with Gasteiger partial charge in [0.15, 0.2) is 5.78 Å². The Morgan fingerprint density at radius 1 is 1.16 bits per heavy atom. The van der Waals surface area contributed by atoms with Crippen LogP contribution in [-0.2, 0) is 12.8 Å². The fourth-order valence-electron chi connectivity index (χ4n) is 2.49. The van der Waals surface area contributed by atoms with E-state index >= 15 is 0 Å². The third kappa shape index (κ3) is 2.32. The molecule has 0 spiro atoms. The van der Waals surface area contributed by atoms with Crippen LogP contribution in [0.2, 0.25) is 0 Å². The average Bonchev–Trinajstić information content (AvgIpc) is 2.65. The summed E-state index contributed by atoms with van der Waals surface area (Å²) in [5, 5.41) is 8.66.